The van der Waals surface area contributed by atoms with Crippen LogP contribution in [0.3, 0.4) is 0 Å². The summed E-state index contributed by atoms with van der Waals surface area (Å²) in [4.78, 5) is 15.7. The van der Waals surface area contributed by atoms with Crippen molar-refractivity contribution in [3.8, 4) is 5.75 Å². The number of ether oxygens (including phenoxy) is 1. The Morgan fingerprint density at radius 2 is 1.96 bits per heavy atom. The molecule has 0 amide bonds. The molecular weight excluding hydrogens is 294 g/mol. The molecule has 1 aliphatic rings. The van der Waals surface area contributed by atoms with Crippen LogP contribution in [-0.2, 0) is 4.79 Å². The fourth-order valence-electron chi connectivity index (χ4n) is 2.20. The van der Waals surface area contributed by atoms with Crippen molar-refractivity contribution in [1.29, 1.82) is 0 Å². The molecule has 1 aliphatic carbocycles. The van der Waals surface area contributed by atoms with Gasteiger partial charge in [-0.25, -0.2) is 0 Å². The second-order valence-electron chi connectivity index (χ2n) is 7.07. The Labute approximate surface area is 136 Å². The van der Waals surface area contributed by atoms with Gasteiger partial charge in [-0.05, 0) is 36.1 Å². The number of hydrogen-bond donors (Lipinski definition) is 3. The van der Waals surface area contributed by atoms with Crippen LogP contribution < -0.4 is 16.2 Å². The van der Waals surface area contributed by atoms with Gasteiger partial charge in [0, 0.05) is 11.6 Å². The molecule has 0 bridgehead atoms. The first-order valence-corrected chi connectivity index (χ1v) is 7.73. The Morgan fingerprint density at radius 3 is 2.39 bits per heavy atom. The van der Waals surface area contributed by atoms with Crippen molar-refractivity contribution >= 4 is 11.8 Å². The molecule has 5 N–H and O–H groups in total. The highest BCUT2D eigenvalue weighted by Gasteiger charge is 2.33. The van der Waals surface area contributed by atoms with Crippen LogP contribution in [0.5, 0.6) is 5.75 Å². The molecule has 0 aliphatic heterocycles. The molecule has 0 saturated heterocycles. The first-order valence-electron chi connectivity index (χ1n) is 7.73. The number of carboxylic acid groups (broad SMARTS) is 1. The maximum Gasteiger partial charge on any atom is 0.310 e. The molecule has 3 atom stereocenters. The topological polar surface area (TPSA) is 111 Å². The van der Waals surface area contributed by atoms with Crippen molar-refractivity contribution in [1.82, 2.24) is 0 Å². The number of aliphatic carboxylic acids is 1. The minimum atomic E-state index is -0.855. The third kappa shape index (κ3) is 4.69. The fraction of sp³-hybridized carbons (Fsp3) is 0.529. The van der Waals surface area contributed by atoms with E-state index in [0.717, 1.165) is 12.0 Å². The Hall–Kier alpha value is -2.08. The summed E-state index contributed by atoms with van der Waals surface area (Å²) in [5.41, 5.74) is 12.1. The number of benzene rings is 1. The number of nitrogens with two attached hydrogens (primary N) is 2. The van der Waals surface area contributed by atoms with Crippen LogP contribution in [0.15, 0.2) is 29.3 Å². The van der Waals surface area contributed by atoms with Crippen molar-refractivity contribution < 1.29 is 14.6 Å². The molecule has 1 aromatic rings. The maximum absolute atomic E-state index is 11.3. The Bertz CT molecular complexity index is 590. The molecule has 1 unspecified atom stereocenters. The van der Waals surface area contributed by atoms with E-state index >= 15 is 0 Å². The monoisotopic (exact) mass is 319 g/mol. The summed E-state index contributed by atoms with van der Waals surface area (Å²) in [6.07, 6.45) is 0.880. The zero-order chi connectivity index (χ0) is 17.2. The van der Waals surface area contributed by atoms with Gasteiger partial charge in [-0.3, -0.25) is 9.79 Å². The van der Waals surface area contributed by atoms with Gasteiger partial charge in [0.05, 0.1) is 12.0 Å². The van der Waals surface area contributed by atoms with E-state index in [9.17, 15) is 9.90 Å². The van der Waals surface area contributed by atoms with Crippen molar-refractivity contribution in [2.24, 2.45) is 27.8 Å². The number of rotatable bonds is 6. The molecule has 1 saturated carbocycles. The highest BCUT2D eigenvalue weighted by atomic mass is 16.5. The maximum atomic E-state index is 11.3. The summed E-state index contributed by atoms with van der Waals surface area (Å²) in [6.45, 7) is 5.78. The Kier molecular flexibility index (Phi) is 4.94. The van der Waals surface area contributed by atoms with Crippen LogP contribution in [0.2, 0.25) is 0 Å². The van der Waals surface area contributed by atoms with Crippen molar-refractivity contribution in [2.45, 2.75) is 39.3 Å². The molecule has 6 heteroatoms. The van der Waals surface area contributed by atoms with Gasteiger partial charge < -0.3 is 21.3 Å². The summed E-state index contributed by atoms with van der Waals surface area (Å²) < 4.78 is 5.62. The van der Waals surface area contributed by atoms with Gasteiger partial charge in [0.2, 0.25) is 0 Å². The van der Waals surface area contributed by atoms with Gasteiger partial charge in [0.15, 0.2) is 0 Å². The summed E-state index contributed by atoms with van der Waals surface area (Å²) in [7, 11) is 0. The minimum absolute atomic E-state index is 0.124. The van der Waals surface area contributed by atoms with E-state index in [4.69, 9.17) is 16.2 Å². The summed E-state index contributed by atoms with van der Waals surface area (Å²) in [5, 5.41) is 9.29. The summed E-state index contributed by atoms with van der Waals surface area (Å²) in [6, 6.07) is 7.43. The standard InChI is InChI=1S/C17H25N3O3/c1-17(2,3)12(16(21)22)9-23-11-6-4-10(5-7-11)15(19)20-14-8-13(14)18/h4-7,12-14H,8-9,18H2,1-3H3,(H2,19,20)(H,21,22)/t12-,13+,14?/m0/s1. The molecule has 0 heterocycles. The van der Waals surface area contributed by atoms with E-state index in [0.29, 0.717) is 11.6 Å². The average molecular weight is 319 g/mol. The minimum Gasteiger partial charge on any atom is -0.493 e. The normalized spacial score (nSPS) is 22.5. The van der Waals surface area contributed by atoms with E-state index in [1.165, 1.54) is 0 Å². The molecule has 1 fully saturated rings. The predicted molar refractivity (Wildman–Crippen MR) is 89.6 cm³/mol. The smallest absolute Gasteiger partial charge is 0.310 e. The van der Waals surface area contributed by atoms with Gasteiger partial charge >= 0.3 is 5.97 Å². The fourth-order valence-corrected chi connectivity index (χ4v) is 2.20. The molecule has 2 rings (SSSR count). The number of amidine groups is 1. The van der Waals surface area contributed by atoms with Crippen LogP contribution >= 0.6 is 0 Å². The quantitative estimate of drug-likeness (QED) is 0.545. The highest BCUT2D eigenvalue weighted by molar-refractivity contribution is 5.97. The van der Waals surface area contributed by atoms with Crippen molar-refractivity contribution in [2.75, 3.05) is 6.61 Å². The zero-order valence-electron chi connectivity index (χ0n) is 13.8. The second kappa shape index (κ2) is 6.58. The lowest BCUT2D eigenvalue weighted by molar-refractivity contribution is -0.146. The SMILES string of the molecule is CC(C)(C)[C@@H](COc1ccc(C(N)=NC2C[C@H]2N)cc1)C(=O)O. The third-order valence-corrected chi connectivity index (χ3v) is 4.02. The van der Waals surface area contributed by atoms with Crippen LogP contribution in [0.25, 0.3) is 0 Å². The Morgan fingerprint density at radius 1 is 1.39 bits per heavy atom. The van der Waals surface area contributed by atoms with Crippen LogP contribution in [0.1, 0.15) is 32.8 Å². The number of nitrogens with zero attached hydrogens (tertiary/aromatic N) is 1. The Balaban J connectivity index is 1.97. The second-order valence-corrected chi connectivity index (χ2v) is 7.07. The van der Waals surface area contributed by atoms with Crippen LogP contribution in [0.4, 0.5) is 0 Å². The van der Waals surface area contributed by atoms with E-state index in [1.807, 2.05) is 32.9 Å². The zero-order valence-corrected chi connectivity index (χ0v) is 13.8. The van der Waals surface area contributed by atoms with Crippen molar-refractivity contribution in [3.63, 3.8) is 0 Å². The first-order chi connectivity index (χ1) is 10.7. The highest BCUT2D eigenvalue weighted by Crippen LogP contribution is 2.27. The molecule has 0 aromatic heterocycles. The van der Waals surface area contributed by atoms with E-state index in [1.54, 1.807) is 12.1 Å². The van der Waals surface area contributed by atoms with Crippen LogP contribution in [-0.4, -0.2) is 35.6 Å². The lowest BCUT2D eigenvalue weighted by Crippen LogP contribution is -2.33. The van der Waals surface area contributed by atoms with E-state index in [-0.39, 0.29) is 24.1 Å². The lowest BCUT2D eigenvalue weighted by Gasteiger charge is -2.26. The number of hydrogen-bond acceptors (Lipinski definition) is 4. The number of carbonyl (C=O) groups is 1. The van der Waals surface area contributed by atoms with E-state index in [2.05, 4.69) is 4.99 Å². The van der Waals surface area contributed by atoms with Gasteiger partial charge in [-0.1, -0.05) is 20.8 Å². The average Bonchev–Trinajstić information content (AvgIpc) is 3.13. The molecule has 6 nitrogen and oxygen atoms in total. The molecule has 1 aromatic carbocycles. The van der Waals surface area contributed by atoms with Crippen LogP contribution in [0, 0.1) is 11.3 Å². The predicted octanol–water partition coefficient (Wildman–Crippen LogP) is 1.62. The number of aliphatic imine (C=N–C) groups is 1. The molecular formula is C17H25N3O3. The summed E-state index contributed by atoms with van der Waals surface area (Å²) >= 11 is 0. The molecule has 0 spiro atoms. The molecule has 126 valence electrons. The van der Waals surface area contributed by atoms with Crippen molar-refractivity contribution in [3.05, 3.63) is 29.8 Å². The van der Waals surface area contributed by atoms with E-state index < -0.39 is 11.9 Å². The van der Waals surface area contributed by atoms with Gasteiger partial charge in [-0.15, -0.1) is 0 Å². The number of carboxylic acids is 1. The summed E-state index contributed by atoms with van der Waals surface area (Å²) in [5.74, 6) is -0.357. The van der Waals surface area contributed by atoms with Gasteiger partial charge in [0.25, 0.3) is 0 Å². The first kappa shape index (κ1) is 17.3. The third-order valence-electron chi connectivity index (χ3n) is 4.02. The molecule has 0 radical (unpaired) electrons. The van der Waals surface area contributed by atoms with Gasteiger partial charge in [-0.2, -0.15) is 0 Å². The largest absolute Gasteiger partial charge is 0.493 e. The van der Waals surface area contributed by atoms with Gasteiger partial charge in [0.1, 0.15) is 18.2 Å². The lowest BCUT2D eigenvalue weighted by atomic mass is 9.81. The molecule has 23 heavy (non-hydrogen) atoms.